The van der Waals surface area contributed by atoms with Gasteiger partial charge in [-0.05, 0) is 79.6 Å². The molecule has 1 aliphatic heterocycles. The summed E-state index contributed by atoms with van der Waals surface area (Å²) in [7, 11) is 0. The first-order chi connectivity index (χ1) is 17.0. The Kier molecular flexibility index (Phi) is 6.88. The van der Waals surface area contributed by atoms with Crippen molar-refractivity contribution in [2.45, 2.75) is 43.3 Å². The number of hydrogen-bond donors (Lipinski definition) is 3. The molecule has 4 N–H and O–H groups in total. The number of carbonyl (C=O) groups is 1. The number of nitrogens with one attached hydrogen (secondary N) is 2. The van der Waals surface area contributed by atoms with Crippen molar-refractivity contribution in [1.82, 2.24) is 10.6 Å². The second kappa shape index (κ2) is 10.2. The molecule has 1 fully saturated rings. The van der Waals surface area contributed by atoms with Gasteiger partial charge in [0.1, 0.15) is 12.4 Å². The number of rotatable bonds is 7. The van der Waals surface area contributed by atoms with E-state index in [0.29, 0.717) is 24.8 Å². The molecule has 2 aromatic carbocycles. The standard InChI is InChI=1S/C28H32N4O2S/c1-18(31-21-6-7-21)24-16-22(8-11-25(24)29)32-13-14-34-27-15-20(5-12-26(27)32)28(33)30-17-19-3-9-23(35-2)10-4-19/h3-5,8-12,15-16,21,25,31H,6-7,13-14,17,29H2,1-2H3,(H,30,33)/b24-18-. The van der Waals surface area contributed by atoms with Crippen LogP contribution in [0.5, 0.6) is 5.75 Å². The zero-order chi connectivity index (χ0) is 24.4. The third-order valence-electron chi connectivity index (χ3n) is 6.58. The number of anilines is 1. The summed E-state index contributed by atoms with van der Waals surface area (Å²) in [6, 6.07) is 14.4. The van der Waals surface area contributed by atoms with E-state index in [-0.39, 0.29) is 11.9 Å². The Morgan fingerprint density at radius 2 is 2.00 bits per heavy atom. The van der Waals surface area contributed by atoms with Crippen LogP contribution < -0.4 is 26.0 Å². The summed E-state index contributed by atoms with van der Waals surface area (Å²) in [5, 5.41) is 6.59. The van der Waals surface area contributed by atoms with Gasteiger partial charge in [-0.2, -0.15) is 0 Å². The van der Waals surface area contributed by atoms with E-state index in [2.05, 4.69) is 53.0 Å². The number of benzene rings is 2. The first-order valence-electron chi connectivity index (χ1n) is 12.1. The first kappa shape index (κ1) is 23.6. The fourth-order valence-electron chi connectivity index (χ4n) is 4.41. The van der Waals surface area contributed by atoms with Gasteiger partial charge in [0.15, 0.2) is 0 Å². The van der Waals surface area contributed by atoms with Crippen LogP contribution in [0.4, 0.5) is 5.69 Å². The van der Waals surface area contributed by atoms with Crippen LogP contribution in [0.25, 0.3) is 0 Å². The van der Waals surface area contributed by atoms with E-state index in [1.807, 2.05) is 36.4 Å². The molecule has 0 spiro atoms. The Bertz CT molecular complexity index is 1200. The maximum Gasteiger partial charge on any atom is 0.251 e. The minimum absolute atomic E-state index is 0.114. The molecule has 1 heterocycles. The summed E-state index contributed by atoms with van der Waals surface area (Å²) >= 11 is 1.70. The van der Waals surface area contributed by atoms with E-state index in [1.54, 1.807) is 11.8 Å². The molecule has 3 aliphatic rings. The molecule has 2 aromatic rings. The van der Waals surface area contributed by atoms with Crippen LogP contribution in [0.3, 0.4) is 0 Å². The number of carbonyl (C=O) groups excluding carboxylic acids is 1. The maximum absolute atomic E-state index is 12.8. The van der Waals surface area contributed by atoms with Crippen molar-refractivity contribution in [3.63, 3.8) is 0 Å². The van der Waals surface area contributed by atoms with Crippen molar-refractivity contribution in [1.29, 1.82) is 0 Å². The van der Waals surface area contributed by atoms with Crippen molar-refractivity contribution in [3.05, 3.63) is 88.8 Å². The molecule has 0 radical (unpaired) electrons. The Labute approximate surface area is 211 Å². The van der Waals surface area contributed by atoms with Crippen LogP contribution in [0, 0.1) is 0 Å². The Balaban J connectivity index is 1.31. The Hall–Kier alpha value is -3.16. The van der Waals surface area contributed by atoms with Crippen molar-refractivity contribution in [2.75, 3.05) is 24.3 Å². The van der Waals surface area contributed by atoms with Crippen LogP contribution in [-0.2, 0) is 6.54 Å². The van der Waals surface area contributed by atoms with Gasteiger partial charge in [-0.1, -0.05) is 18.2 Å². The number of hydrogen-bond acceptors (Lipinski definition) is 6. The van der Waals surface area contributed by atoms with Gasteiger partial charge in [0.25, 0.3) is 5.91 Å². The van der Waals surface area contributed by atoms with E-state index in [1.165, 1.54) is 17.7 Å². The number of fused-ring (bicyclic) bond motifs is 1. The second-order valence-corrected chi connectivity index (χ2v) is 10.0. The number of nitrogens with two attached hydrogens (primary N) is 1. The number of allylic oxidation sites excluding steroid dienone is 2. The van der Waals surface area contributed by atoms with E-state index in [4.69, 9.17) is 10.5 Å². The molecule has 1 saturated carbocycles. The molecule has 7 heteroatoms. The van der Waals surface area contributed by atoms with Crippen molar-refractivity contribution in [2.24, 2.45) is 5.73 Å². The number of nitrogens with zero attached hydrogens (tertiary/aromatic N) is 1. The zero-order valence-electron chi connectivity index (χ0n) is 20.2. The summed E-state index contributed by atoms with van der Waals surface area (Å²) < 4.78 is 5.96. The highest BCUT2D eigenvalue weighted by atomic mass is 32.2. The second-order valence-electron chi connectivity index (χ2n) is 9.17. The minimum atomic E-state index is -0.117. The van der Waals surface area contributed by atoms with Crippen molar-refractivity contribution >= 4 is 23.4 Å². The van der Waals surface area contributed by atoms with Gasteiger partial charge in [0.05, 0.1) is 18.3 Å². The van der Waals surface area contributed by atoms with Crippen LogP contribution in [0.2, 0.25) is 0 Å². The fraction of sp³-hybridized carbons (Fsp3) is 0.321. The largest absolute Gasteiger partial charge is 0.490 e. The summed E-state index contributed by atoms with van der Waals surface area (Å²) in [6.45, 7) is 3.88. The van der Waals surface area contributed by atoms with Gasteiger partial charge in [-0.3, -0.25) is 4.79 Å². The highest BCUT2D eigenvalue weighted by Gasteiger charge is 2.26. The Morgan fingerprint density at radius 3 is 2.74 bits per heavy atom. The molecule has 35 heavy (non-hydrogen) atoms. The third-order valence-corrected chi connectivity index (χ3v) is 7.32. The molecule has 182 valence electrons. The molecule has 1 unspecified atom stereocenters. The lowest BCUT2D eigenvalue weighted by Gasteiger charge is -2.34. The van der Waals surface area contributed by atoms with Gasteiger partial charge < -0.3 is 26.0 Å². The average molecular weight is 489 g/mol. The van der Waals surface area contributed by atoms with Gasteiger partial charge in [-0.15, -0.1) is 11.8 Å². The van der Waals surface area contributed by atoms with Crippen LogP contribution >= 0.6 is 11.8 Å². The monoisotopic (exact) mass is 488 g/mol. The van der Waals surface area contributed by atoms with E-state index < -0.39 is 0 Å². The smallest absolute Gasteiger partial charge is 0.251 e. The summed E-state index contributed by atoms with van der Waals surface area (Å²) in [6.07, 6.45) is 10.8. The summed E-state index contributed by atoms with van der Waals surface area (Å²) in [5.74, 6) is 0.605. The van der Waals surface area contributed by atoms with Crippen LogP contribution in [0.15, 0.2) is 82.6 Å². The molecular weight excluding hydrogens is 456 g/mol. The first-order valence-corrected chi connectivity index (χ1v) is 13.3. The quantitative estimate of drug-likeness (QED) is 0.503. The zero-order valence-corrected chi connectivity index (χ0v) is 21.0. The SMILES string of the molecule is CSc1ccc(CNC(=O)c2ccc3c(c2)OCCN3C2=C/C(=C(\C)NC3CC3)C(N)C=C2)cc1. The molecule has 2 aliphatic carbocycles. The van der Waals surface area contributed by atoms with Crippen molar-refractivity contribution < 1.29 is 9.53 Å². The van der Waals surface area contributed by atoms with E-state index in [0.717, 1.165) is 40.5 Å². The normalized spacial score (nSPS) is 20.5. The van der Waals surface area contributed by atoms with E-state index in [9.17, 15) is 4.79 Å². The molecule has 0 bridgehead atoms. The lowest BCUT2D eigenvalue weighted by molar-refractivity contribution is 0.0950. The van der Waals surface area contributed by atoms with Crippen LogP contribution in [0.1, 0.15) is 35.7 Å². The number of amides is 1. The highest BCUT2D eigenvalue weighted by molar-refractivity contribution is 7.98. The number of thioether (sulfide) groups is 1. The minimum Gasteiger partial charge on any atom is -0.490 e. The van der Waals surface area contributed by atoms with Crippen molar-refractivity contribution in [3.8, 4) is 5.75 Å². The maximum atomic E-state index is 12.8. The lowest BCUT2D eigenvalue weighted by Crippen LogP contribution is -2.34. The van der Waals surface area contributed by atoms with Gasteiger partial charge in [0.2, 0.25) is 0 Å². The fourth-order valence-corrected chi connectivity index (χ4v) is 4.82. The molecule has 1 atom stereocenters. The molecule has 1 amide bonds. The summed E-state index contributed by atoms with van der Waals surface area (Å²) in [5.41, 5.74) is 12.3. The molecule has 6 nitrogen and oxygen atoms in total. The van der Waals surface area contributed by atoms with Crippen LogP contribution in [-0.4, -0.2) is 37.4 Å². The summed E-state index contributed by atoms with van der Waals surface area (Å²) in [4.78, 5) is 16.3. The van der Waals surface area contributed by atoms with E-state index >= 15 is 0 Å². The lowest BCUT2D eigenvalue weighted by atomic mass is 9.98. The number of ether oxygens (including phenoxy) is 1. The van der Waals surface area contributed by atoms with Gasteiger partial charge in [-0.25, -0.2) is 0 Å². The Morgan fingerprint density at radius 1 is 1.20 bits per heavy atom. The molecule has 0 aromatic heterocycles. The molecular formula is C28H32N4O2S. The molecule has 0 saturated heterocycles. The predicted molar refractivity (Wildman–Crippen MR) is 143 cm³/mol. The van der Waals surface area contributed by atoms with Gasteiger partial charge >= 0.3 is 0 Å². The topological polar surface area (TPSA) is 79.6 Å². The average Bonchev–Trinajstić information content (AvgIpc) is 3.71. The third kappa shape index (κ3) is 5.41. The van der Waals surface area contributed by atoms with Gasteiger partial charge in [0, 0.05) is 34.4 Å². The molecule has 5 rings (SSSR count). The highest BCUT2D eigenvalue weighted by Crippen LogP contribution is 2.36. The predicted octanol–water partition coefficient (Wildman–Crippen LogP) is 4.34.